The number of unbranched alkanes of at least 4 members (excludes halogenated alkanes) is 3. The average Bonchev–Trinajstić information content (AvgIpc) is 2.65. The molecular formula is C15H20N2. The van der Waals surface area contributed by atoms with E-state index in [9.17, 15) is 0 Å². The molecule has 1 heterocycles. The summed E-state index contributed by atoms with van der Waals surface area (Å²) in [6.07, 6.45) is 6.85. The first kappa shape index (κ1) is 11.9. The molecule has 90 valence electrons. The van der Waals surface area contributed by atoms with Crippen LogP contribution < -0.4 is 0 Å². The maximum atomic E-state index is 4.57. The van der Waals surface area contributed by atoms with Crippen molar-refractivity contribution in [2.45, 2.75) is 39.2 Å². The molecule has 0 aliphatic carbocycles. The Hall–Kier alpha value is -1.57. The number of benzene rings is 1. The largest absolute Gasteiger partial charge is 0.328 e. The minimum absolute atomic E-state index is 1.07. The van der Waals surface area contributed by atoms with Gasteiger partial charge in [-0.1, -0.05) is 24.6 Å². The van der Waals surface area contributed by atoms with Gasteiger partial charge in [-0.05, 0) is 38.3 Å². The molecule has 2 aromatic rings. The van der Waals surface area contributed by atoms with E-state index in [0.717, 1.165) is 24.3 Å². The minimum Gasteiger partial charge on any atom is -0.328 e. The summed E-state index contributed by atoms with van der Waals surface area (Å²) in [5, 5.41) is 0. The highest BCUT2D eigenvalue weighted by Gasteiger charge is 2.05. The molecule has 0 aliphatic rings. The third kappa shape index (κ3) is 2.76. The number of hydrogen-bond donors (Lipinski definition) is 0. The van der Waals surface area contributed by atoms with Crippen LogP contribution in [0, 0.1) is 6.92 Å². The van der Waals surface area contributed by atoms with E-state index >= 15 is 0 Å². The van der Waals surface area contributed by atoms with Crippen molar-refractivity contribution in [3.63, 3.8) is 0 Å². The van der Waals surface area contributed by atoms with Crippen molar-refractivity contribution in [2.24, 2.45) is 0 Å². The van der Waals surface area contributed by atoms with Crippen LogP contribution in [-0.4, -0.2) is 9.55 Å². The highest BCUT2D eigenvalue weighted by Crippen LogP contribution is 2.16. The second-order valence-corrected chi connectivity index (χ2v) is 4.44. The van der Waals surface area contributed by atoms with E-state index in [-0.39, 0.29) is 0 Å². The fourth-order valence-corrected chi connectivity index (χ4v) is 2.21. The topological polar surface area (TPSA) is 17.8 Å². The maximum Gasteiger partial charge on any atom is 0.106 e. The molecule has 1 aromatic carbocycles. The van der Waals surface area contributed by atoms with Gasteiger partial charge < -0.3 is 4.57 Å². The summed E-state index contributed by atoms with van der Waals surface area (Å²) in [6, 6.07) is 8.36. The normalized spacial score (nSPS) is 10.9. The number of imidazole rings is 1. The first-order valence-electron chi connectivity index (χ1n) is 6.35. The molecule has 0 N–H and O–H groups in total. The van der Waals surface area contributed by atoms with Crippen LogP contribution in [0.25, 0.3) is 11.0 Å². The number of nitrogens with zero attached hydrogens (tertiary/aromatic N) is 2. The zero-order valence-corrected chi connectivity index (χ0v) is 10.5. The molecule has 0 atom stereocenters. The Kier molecular flexibility index (Phi) is 3.97. The van der Waals surface area contributed by atoms with Crippen LogP contribution in [0.4, 0.5) is 0 Å². The molecule has 2 nitrogen and oxygen atoms in total. The van der Waals surface area contributed by atoms with Crippen molar-refractivity contribution >= 4 is 11.0 Å². The lowest BCUT2D eigenvalue weighted by molar-refractivity contribution is 0.590. The van der Waals surface area contributed by atoms with Gasteiger partial charge in [0.15, 0.2) is 0 Å². The van der Waals surface area contributed by atoms with E-state index < -0.39 is 0 Å². The predicted molar refractivity (Wildman–Crippen MR) is 73.1 cm³/mol. The molecular weight excluding hydrogens is 208 g/mol. The van der Waals surface area contributed by atoms with Crippen LogP contribution in [0.5, 0.6) is 0 Å². The predicted octanol–water partition coefficient (Wildman–Crippen LogP) is 4.09. The van der Waals surface area contributed by atoms with Gasteiger partial charge in [0.2, 0.25) is 0 Å². The highest BCUT2D eigenvalue weighted by molar-refractivity contribution is 5.75. The summed E-state index contributed by atoms with van der Waals surface area (Å²) in [6.45, 7) is 6.91. The molecule has 0 amide bonds. The number of para-hydroxylation sites is 2. The van der Waals surface area contributed by atoms with E-state index in [1.807, 2.05) is 12.1 Å². The summed E-state index contributed by atoms with van der Waals surface area (Å²) in [5.74, 6) is 1.12. The van der Waals surface area contributed by atoms with Gasteiger partial charge in [-0.3, -0.25) is 0 Å². The highest BCUT2D eigenvalue weighted by atomic mass is 15.1. The first-order chi connectivity index (χ1) is 8.33. The lowest BCUT2D eigenvalue weighted by Gasteiger charge is -2.06. The van der Waals surface area contributed by atoms with Gasteiger partial charge >= 0.3 is 0 Å². The van der Waals surface area contributed by atoms with E-state index in [0.29, 0.717) is 0 Å². The first-order valence-corrected chi connectivity index (χ1v) is 6.35. The molecule has 0 fully saturated rings. The second kappa shape index (κ2) is 5.67. The van der Waals surface area contributed by atoms with E-state index in [1.165, 1.54) is 24.8 Å². The lowest BCUT2D eigenvalue weighted by Crippen LogP contribution is -2.00. The third-order valence-electron chi connectivity index (χ3n) is 3.14. The summed E-state index contributed by atoms with van der Waals surface area (Å²) in [5.41, 5.74) is 2.37. The van der Waals surface area contributed by atoms with Gasteiger partial charge in [0.1, 0.15) is 5.82 Å². The quantitative estimate of drug-likeness (QED) is 0.538. The number of allylic oxidation sites excluding steroid dienone is 1. The van der Waals surface area contributed by atoms with Crippen molar-refractivity contribution in [1.29, 1.82) is 0 Å². The molecule has 0 saturated carbocycles. The van der Waals surface area contributed by atoms with Crippen molar-refractivity contribution in [1.82, 2.24) is 9.55 Å². The van der Waals surface area contributed by atoms with Gasteiger partial charge in [0, 0.05) is 6.54 Å². The van der Waals surface area contributed by atoms with Crippen LogP contribution in [0.2, 0.25) is 0 Å². The Labute approximate surface area is 103 Å². The fraction of sp³-hybridized carbons (Fsp3) is 0.400. The summed E-state index contributed by atoms with van der Waals surface area (Å²) >= 11 is 0. The van der Waals surface area contributed by atoms with Gasteiger partial charge in [-0.25, -0.2) is 4.98 Å². The molecule has 1 aromatic heterocycles. The smallest absolute Gasteiger partial charge is 0.106 e. The summed E-state index contributed by atoms with van der Waals surface area (Å²) < 4.78 is 2.32. The van der Waals surface area contributed by atoms with Gasteiger partial charge in [0.25, 0.3) is 0 Å². The zero-order chi connectivity index (χ0) is 12.1. The van der Waals surface area contributed by atoms with Crippen molar-refractivity contribution in [3.05, 3.63) is 42.7 Å². The zero-order valence-electron chi connectivity index (χ0n) is 10.5. The number of rotatable bonds is 6. The number of aromatic nitrogens is 2. The van der Waals surface area contributed by atoms with Crippen LogP contribution in [-0.2, 0) is 6.54 Å². The lowest BCUT2D eigenvalue weighted by atomic mass is 10.2. The molecule has 17 heavy (non-hydrogen) atoms. The standard InChI is InChI=1S/C15H20N2/c1-3-4-5-6-9-12-17-13(2)16-14-10-7-8-11-15(14)17/h3,7-8,10-11H,1,4-6,9,12H2,2H3. The van der Waals surface area contributed by atoms with Gasteiger partial charge in [-0.15, -0.1) is 6.58 Å². The van der Waals surface area contributed by atoms with Crippen molar-refractivity contribution in [2.75, 3.05) is 0 Å². The van der Waals surface area contributed by atoms with Crippen LogP contribution in [0.3, 0.4) is 0 Å². The van der Waals surface area contributed by atoms with Crippen LogP contribution in [0.15, 0.2) is 36.9 Å². The SMILES string of the molecule is C=CCCCCCn1c(C)nc2ccccc21. The molecule has 0 radical (unpaired) electrons. The van der Waals surface area contributed by atoms with E-state index in [1.54, 1.807) is 0 Å². The number of aryl methyl sites for hydroxylation is 2. The Morgan fingerprint density at radius 2 is 2.06 bits per heavy atom. The summed E-state index contributed by atoms with van der Waals surface area (Å²) in [4.78, 5) is 4.57. The van der Waals surface area contributed by atoms with E-state index in [4.69, 9.17) is 0 Å². The number of fused-ring (bicyclic) bond motifs is 1. The average molecular weight is 228 g/mol. The monoisotopic (exact) mass is 228 g/mol. The molecule has 0 bridgehead atoms. The second-order valence-electron chi connectivity index (χ2n) is 4.44. The van der Waals surface area contributed by atoms with Crippen LogP contribution >= 0.6 is 0 Å². The molecule has 0 unspecified atom stereocenters. The Morgan fingerprint density at radius 1 is 1.24 bits per heavy atom. The Morgan fingerprint density at radius 3 is 2.88 bits per heavy atom. The molecule has 0 spiro atoms. The minimum atomic E-state index is 1.07. The van der Waals surface area contributed by atoms with Crippen molar-refractivity contribution in [3.8, 4) is 0 Å². The number of hydrogen-bond acceptors (Lipinski definition) is 1. The van der Waals surface area contributed by atoms with Crippen LogP contribution in [0.1, 0.15) is 31.5 Å². The molecule has 2 rings (SSSR count). The molecule has 0 aliphatic heterocycles. The third-order valence-corrected chi connectivity index (χ3v) is 3.14. The Bertz CT molecular complexity index is 497. The van der Waals surface area contributed by atoms with Gasteiger partial charge in [-0.2, -0.15) is 0 Å². The van der Waals surface area contributed by atoms with E-state index in [2.05, 4.69) is 41.3 Å². The fourth-order valence-electron chi connectivity index (χ4n) is 2.21. The Balaban J connectivity index is 2.02. The van der Waals surface area contributed by atoms with Crippen molar-refractivity contribution < 1.29 is 0 Å². The molecule has 0 saturated heterocycles. The summed E-state index contributed by atoms with van der Waals surface area (Å²) in [7, 11) is 0. The van der Waals surface area contributed by atoms with Gasteiger partial charge in [0.05, 0.1) is 11.0 Å². The maximum absolute atomic E-state index is 4.57. The molecule has 2 heteroatoms.